The third-order valence-corrected chi connectivity index (χ3v) is 4.96. The van der Waals surface area contributed by atoms with Crippen LogP contribution in [0.4, 0.5) is 5.69 Å². The molecule has 1 aromatic carbocycles. The second-order valence-corrected chi connectivity index (χ2v) is 7.05. The molecule has 2 rings (SSSR count). The number of nitrogens with one attached hydrogen (secondary N) is 1. The van der Waals surface area contributed by atoms with Gasteiger partial charge >= 0.3 is 0 Å². The summed E-state index contributed by atoms with van der Waals surface area (Å²) in [6.07, 6.45) is 3.77. The number of thioether (sulfide) groups is 1. The van der Waals surface area contributed by atoms with Crippen molar-refractivity contribution in [2.75, 3.05) is 0 Å². The third kappa shape index (κ3) is 4.71. The number of nitro benzene ring substituents is 1. The summed E-state index contributed by atoms with van der Waals surface area (Å²) in [5.41, 5.74) is 5.91. The molecular weight excluding hydrogens is 302 g/mol. The molecule has 0 heterocycles. The quantitative estimate of drug-likeness (QED) is 0.493. The number of hydrogen-bond donors (Lipinski definition) is 2. The second-order valence-electron chi connectivity index (χ2n) is 5.63. The minimum absolute atomic E-state index is 0.00354. The van der Waals surface area contributed by atoms with Crippen molar-refractivity contribution in [2.45, 2.75) is 54.8 Å². The van der Waals surface area contributed by atoms with E-state index in [2.05, 4.69) is 5.32 Å². The standard InChI is InChI=1S/C15H21N3O3S/c1-10(15(19)17-12-4-2-11(16)3-5-12)22-14-8-6-13(7-9-14)18(20)21/h6-12H,2-5,16H2,1H3,(H,17,19). The van der Waals surface area contributed by atoms with Crippen molar-refractivity contribution in [1.29, 1.82) is 0 Å². The first-order valence-electron chi connectivity index (χ1n) is 7.43. The molecule has 1 aromatic rings. The SMILES string of the molecule is CC(Sc1ccc([N+](=O)[O-])cc1)C(=O)NC1CCC(N)CC1. The van der Waals surface area contributed by atoms with Crippen molar-refractivity contribution in [3.05, 3.63) is 34.4 Å². The van der Waals surface area contributed by atoms with Gasteiger partial charge < -0.3 is 11.1 Å². The minimum atomic E-state index is -0.432. The normalized spacial score (nSPS) is 22.8. The molecule has 0 radical (unpaired) electrons. The lowest BCUT2D eigenvalue weighted by molar-refractivity contribution is -0.384. The van der Waals surface area contributed by atoms with E-state index in [1.54, 1.807) is 12.1 Å². The smallest absolute Gasteiger partial charge is 0.269 e. The van der Waals surface area contributed by atoms with Crippen LogP contribution < -0.4 is 11.1 Å². The molecule has 1 amide bonds. The fourth-order valence-electron chi connectivity index (χ4n) is 2.49. The Morgan fingerprint density at radius 2 is 1.91 bits per heavy atom. The predicted octanol–water partition coefficient (Wildman–Crippen LogP) is 2.46. The summed E-state index contributed by atoms with van der Waals surface area (Å²) in [6, 6.07) is 6.73. The van der Waals surface area contributed by atoms with Crippen molar-refractivity contribution in [1.82, 2.24) is 5.32 Å². The molecule has 1 saturated carbocycles. The zero-order valence-corrected chi connectivity index (χ0v) is 13.3. The van der Waals surface area contributed by atoms with Crippen molar-refractivity contribution >= 4 is 23.4 Å². The predicted molar refractivity (Wildman–Crippen MR) is 86.8 cm³/mol. The van der Waals surface area contributed by atoms with Gasteiger partial charge in [0, 0.05) is 29.1 Å². The van der Waals surface area contributed by atoms with Gasteiger partial charge in [-0.3, -0.25) is 14.9 Å². The lowest BCUT2D eigenvalue weighted by atomic mass is 9.92. The van der Waals surface area contributed by atoms with E-state index < -0.39 is 4.92 Å². The topological polar surface area (TPSA) is 98.3 Å². The molecule has 22 heavy (non-hydrogen) atoms. The number of nitro groups is 1. The van der Waals surface area contributed by atoms with Crippen molar-refractivity contribution in [2.24, 2.45) is 5.73 Å². The van der Waals surface area contributed by atoms with Crippen LogP contribution in [-0.4, -0.2) is 28.2 Å². The first-order valence-corrected chi connectivity index (χ1v) is 8.30. The number of amides is 1. The molecule has 0 aromatic heterocycles. The van der Waals surface area contributed by atoms with Crippen LogP contribution in [0.15, 0.2) is 29.2 Å². The minimum Gasteiger partial charge on any atom is -0.352 e. The van der Waals surface area contributed by atoms with E-state index in [9.17, 15) is 14.9 Å². The molecule has 1 fully saturated rings. The average molecular weight is 323 g/mol. The highest BCUT2D eigenvalue weighted by molar-refractivity contribution is 8.00. The van der Waals surface area contributed by atoms with Gasteiger partial charge in [0.1, 0.15) is 0 Å². The molecular formula is C15H21N3O3S. The number of nitrogens with two attached hydrogens (primary N) is 1. The molecule has 0 spiro atoms. The maximum Gasteiger partial charge on any atom is 0.269 e. The Kier molecular flexibility index (Phi) is 5.79. The maximum absolute atomic E-state index is 12.2. The van der Waals surface area contributed by atoms with Gasteiger partial charge in [-0.25, -0.2) is 0 Å². The van der Waals surface area contributed by atoms with Crippen LogP contribution in [0.3, 0.4) is 0 Å². The Morgan fingerprint density at radius 3 is 2.45 bits per heavy atom. The van der Waals surface area contributed by atoms with E-state index in [0.717, 1.165) is 30.6 Å². The highest BCUT2D eigenvalue weighted by atomic mass is 32.2. The molecule has 3 N–H and O–H groups in total. The second kappa shape index (κ2) is 7.60. The number of carbonyl (C=O) groups excluding carboxylic acids is 1. The van der Waals surface area contributed by atoms with E-state index in [-0.39, 0.29) is 28.9 Å². The molecule has 1 atom stereocenters. The van der Waals surface area contributed by atoms with Crippen LogP contribution in [0.2, 0.25) is 0 Å². The van der Waals surface area contributed by atoms with Crippen molar-refractivity contribution < 1.29 is 9.72 Å². The lowest BCUT2D eigenvalue weighted by Gasteiger charge is -2.27. The van der Waals surface area contributed by atoms with Crippen molar-refractivity contribution in [3.8, 4) is 0 Å². The molecule has 0 saturated heterocycles. The number of carbonyl (C=O) groups is 1. The summed E-state index contributed by atoms with van der Waals surface area (Å²) in [5.74, 6) is 0.00354. The van der Waals surface area contributed by atoms with Crippen LogP contribution in [0.25, 0.3) is 0 Å². The molecule has 120 valence electrons. The first kappa shape index (κ1) is 16.8. The zero-order chi connectivity index (χ0) is 16.1. The van der Waals surface area contributed by atoms with Gasteiger partial charge in [-0.1, -0.05) is 0 Å². The van der Waals surface area contributed by atoms with E-state index >= 15 is 0 Å². The molecule has 0 aliphatic heterocycles. The van der Waals surface area contributed by atoms with Gasteiger partial charge in [0.2, 0.25) is 5.91 Å². The van der Waals surface area contributed by atoms with Gasteiger partial charge in [0.15, 0.2) is 0 Å². The molecule has 1 aliphatic carbocycles. The summed E-state index contributed by atoms with van der Waals surface area (Å²) >= 11 is 1.40. The third-order valence-electron chi connectivity index (χ3n) is 3.85. The van der Waals surface area contributed by atoms with Crippen LogP contribution in [0.5, 0.6) is 0 Å². The maximum atomic E-state index is 12.2. The van der Waals surface area contributed by atoms with Gasteiger partial charge in [0.25, 0.3) is 5.69 Å². The molecule has 6 nitrogen and oxygen atoms in total. The Balaban J connectivity index is 1.84. The average Bonchev–Trinajstić information content (AvgIpc) is 2.50. The van der Waals surface area contributed by atoms with E-state index in [1.165, 1.54) is 23.9 Å². The van der Waals surface area contributed by atoms with Gasteiger partial charge in [0.05, 0.1) is 10.2 Å². The molecule has 0 bridgehead atoms. The zero-order valence-electron chi connectivity index (χ0n) is 12.5. The summed E-state index contributed by atoms with van der Waals surface area (Å²) < 4.78 is 0. The first-order chi connectivity index (χ1) is 10.5. The van der Waals surface area contributed by atoms with Crippen LogP contribution >= 0.6 is 11.8 Å². The number of rotatable bonds is 5. The number of hydrogen-bond acceptors (Lipinski definition) is 5. The molecule has 7 heteroatoms. The highest BCUT2D eigenvalue weighted by Crippen LogP contribution is 2.26. The van der Waals surface area contributed by atoms with Crippen LogP contribution in [0.1, 0.15) is 32.6 Å². The van der Waals surface area contributed by atoms with Gasteiger partial charge in [-0.05, 0) is 44.7 Å². The Hall–Kier alpha value is -1.60. The van der Waals surface area contributed by atoms with Crippen molar-refractivity contribution in [3.63, 3.8) is 0 Å². The van der Waals surface area contributed by atoms with E-state index in [4.69, 9.17) is 5.73 Å². The Labute approximate surface area is 134 Å². The number of non-ortho nitro benzene ring substituents is 1. The Bertz CT molecular complexity index is 527. The number of benzene rings is 1. The summed E-state index contributed by atoms with van der Waals surface area (Å²) in [5, 5.41) is 13.4. The monoisotopic (exact) mass is 323 g/mol. The van der Waals surface area contributed by atoms with Crippen LogP contribution in [0, 0.1) is 10.1 Å². The van der Waals surface area contributed by atoms with Crippen LogP contribution in [-0.2, 0) is 4.79 Å². The highest BCUT2D eigenvalue weighted by Gasteiger charge is 2.22. The van der Waals surface area contributed by atoms with E-state index in [0.29, 0.717) is 0 Å². The summed E-state index contributed by atoms with van der Waals surface area (Å²) in [7, 11) is 0. The lowest BCUT2D eigenvalue weighted by Crippen LogP contribution is -2.43. The van der Waals surface area contributed by atoms with E-state index in [1.807, 2.05) is 6.92 Å². The van der Waals surface area contributed by atoms with Gasteiger partial charge in [-0.2, -0.15) is 0 Å². The molecule has 1 unspecified atom stereocenters. The number of nitrogens with zero attached hydrogens (tertiary/aromatic N) is 1. The fraction of sp³-hybridized carbons (Fsp3) is 0.533. The summed E-state index contributed by atoms with van der Waals surface area (Å²) in [4.78, 5) is 23.2. The summed E-state index contributed by atoms with van der Waals surface area (Å²) in [6.45, 7) is 1.84. The van der Waals surface area contributed by atoms with Gasteiger partial charge in [-0.15, -0.1) is 11.8 Å². The Morgan fingerprint density at radius 1 is 1.32 bits per heavy atom. The largest absolute Gasteiger partial charge is 0.352 e. The fourth-order valence-corrected chi connectivity index (χ4v) is 3.36. The molecule has 1 aliphatic rings.